The first-order valence-electron chi connectivity index (χ1n) is 5.97. The summed E-state index contributed by atoms with van der Waals surface area (Å²) in [7, 11) is 0. The quantitative estimate of drug-likeness (QED) is 0.674. The van der Waals surface area contributed by atoms with Crippen molar-refractivity contribution in [1.82, 2.24) is 5.32 Å². The molecule has 0 saturated carbocycles. The highest BCUT2D eigenvalue weighted by Gasteiger charge is 2.10. The van der Waals surface area contributed by atoms with E-state index in [0.29, 0.717) is 18.3 Å². The van der Waals surface area contributed by atoms with Crippen LogP contribution in [0.4, 0.5) is 0 Å². The second-order valence-corrected chi connectivity index (χ2v) is 5.87. The molecule has 0 fully saturated rings. The lowest BCUT2D eigenvalue weighted by atomic mass is 10.2. The largest absolute Gasteiger partial charge is 0.394 e. The Balaban J connectivity index is 2.73. The number of hydrogen-bond donors (Lipinski definition) is 3. The van der Waals surface area contributed by atoms with Crippen LogP contribution in [0.5, 0.6) is 0 Å². The normalized spacial score (nSPS) is 13.0. The molecule has 1 rings (SSSR count). The van der Waals surface area contributed by atoms with E-state index in [4.69, 9.17) is 16.7 Å². The molecule has 18 heavy (non-hydrogen) atoms. The van der Waals surface area contributed by atoms with Gasteiger partial charge in [0.25, 0.3) is 0 Å². The molecule has 1 unspecified atom stereocenters. The molecular weight excluding hydrogens is 270 g/mol. The first kappa shape index (κ1) is 15.8. The van der Waals surface area contributed by atoms with E-state index in [9.17, 15) is 5.11 Å². The minimum absolute atomic E-state index is 0.215. The van der Waals surface area contributed by atoms with Crippen molar-refractivity contribution in [2.45, 2.75) is 37.4 Å². The topological polar surface area (TPSA) is 52.5 Å². The number of aliphatic hydroxyl groups excluding tert-OH is 2. The van der Waals surface area contributed by atoms with Gasteiger partial charge in [0.05, 0.1) is 12.7 Å². The smallest absolute Gasteiger partial charge is 0.0864 e. The summed E-state index contributed by atoms with van der Waals surface area (Å²) in [6, 6.07) is 6.14. The molecule has 0 spiro atoms. The molecule has 1 atom stereocenters. The molecule has 0 aliphatic rings. The summed E-state index contributed by atoms with van der Waals surface area (Å²) in [6.07, 6.45) is -0.695. The van der Waals surface area contributed by atoms with Crippen molar-refractivity contribution >= 4 is 23.4 Å². The van der Waals surface area contributed by atoms with Gasteiger partial charge in [0.1, 0.15) is 0 Å². The molecule has 0 radical (unpaired) electrons. The van der Waals surface area contributed by atoms with Crippen LogP contribution >= 0.6 is 23.4 Å². The average Bonchev–Trinajstić information content (AvgIpc) is 2.34. The molecular formula is C13H20ClNO2S. The van der Waals surface area contributed by atoms with Gasteiger partial charge in [0.15, 0.2) is 0 Å². The third kappa shape index (κ3) is 5.16. The second kappa shape index (κ2) is 8.02. The van der Waals surface area contributed by atoms with Crippen LogP contribution in [0, 0.1) is 0 Å². The van der Waals surface area contributed by atoms with Gasteiger partial charge in [0, 0.05) is 28.3 Å². The lowest BCUT2D eigenvalue weighted by molar-refractivity contribution is 0.113. The Hall–Kier alpha value is -0.260. The Labute approximate surface area is 118 Å². The molecule has 0 heterocycles. The number of benzene rings is 1. The number of aliphatic hydroxyl groups is 2. The Bertz CT molecular complexity index is 374. The maximum atomic E-state index is 9.38. The van der Waals surface area contributed by atoms with E-state index in [1.807, 2.05) is 18.2 Å². The van der Waals surface area contributed by atoms with Gasteiger partial charge in [-0.3, -0.25) is 0 Å². The molecule has 0 amide bonds. The van der Waals surface area contributed by atoms with Gasteiger partial charge in [-0.2, -0.15) is 0 Å². The maximum Gasteiger partial charge on any atom is 0.0864 e. The molecule has 0 aromatic heterocycles. The van der Waals surface area contributed by atoms with Crippen LogP contribution in [-0.4, -0.2) is 34.7 Å². The fourth-order valence-electron chi connectivity index (χ4n) is 1.39. The van der Waals surface area contributed by atoms with Crippen LogP contribution in [0.15, 0.2) is 23.1 Å². The first-order valence-corrected chi connectivity index (χ1v) is 7.33. The SMILES string of the molecule is CC(C)NCc1c(Cl)cccc1SCC(O)CO. The fraction of sp³-hybridized carbons (Fsp3) is 0.538. The van der Waals surface area contributed by atoms with Crippen LogP contribution < -0.4 is 5.32 Å². The molecule has 102 valence electrons. The highest BCUT2D eigenvalue weighted by Crippen LogP contribution is 2.29. The lowest BCUT2D eigenvalue weighted by Crippen LogP contribution is -2.22. The molecule has 0 aliphatic carbocycles. The molecule has 0 aliphatic heterocycles. The number of rotatable bonds is 7. The Morgan fingerprint density at radius 1 is 1.39 bits per heavy atom. The first-order chi connectivity index (χ1) is 8.54. The van der Waals surface area contributed by atoms with E-state index in [1.165, 1.54) is 11.8 Å². The van der Waals surface area contributed by atoms with Gasteiger partial charge in [-0.1, -0.05) is 31.5 Å². The third-order valence-corrected chi connectivity index (χ3v) is 4.00. The summed E-state index contributed by atoms with van der Waals surface area (Å²) < 4.78 is 0. The minimum atomic E-state index is -0.695. The molecule has 1 aromatic rings. The van der Waals surface area contributed by atoms with Gasteiger partial charge in [-0.25, -0.2) is 0 Å². The maximum absolute atomic E-state index is 9.38. The van der Waals surface area contributed by atoms with Crippen LogP contribution in [-0.2, 0) is 6.54 Å². The van der Waals surface area contributed by atoms with Crippen molar-refractivity contribution < 1.29 is 10.2 Å². The van der Waals surface area contributed by atoms with E-state index in [-0.39, 0.29) is 6.61 Å². The summed E-state index contributed by atoms with van der Waals surface area (Å²) in [5, 5.41) is 22.3. The summed E-state index contributed by atoms with van der Waals surface area (Å²) in [4.78, 5) is 1.04. The van der Waals surface area contributed by atoms with Crippen LogP contribution in [0.25, 0.3) is 0 Å². The third-order valence-electron chi connectivity index (χ3n) is 2.40. The number of hydrogen-bond acceptors (Lipinski definition) is 4. The molecule has 3 N–H and O–H groups in total. The zero-order chi connectivity index (χ0) is 13.5. The van der Waals surface area contributed by atoms with Gasteiger partial charge < -0.3 is 15.5 Å². The zero-order valence-corrected chi connectivity index (χ0v) is 12.3. The van der Waals surface area contributed by atoms with E-state index in [0.717, 1.165) is 15.5 Å². The summed E-state index contributed by atoms with van der Waals surface area (Å²) >= 11 is 7.71. The Kier molecular flexibility index (Phi) is 7.04. The summed E-state index contributed by atoms with van der Waals surface area (Å²) in [6.45, 7) is 4.65. The predicted molar refractivity (Wildman–Crippen MR) is 77.2 cm³/mol. The van der Waals surface area contributed by atoms with E-state index in [2.05, 4.69) is 19.2 Å². The van der Waals surface area contributed by atoms with Crippen molar-refractivity contribution in [3.63, 3.8) is 0 Å². The van der Waals surface area contributed by atoms with Gasteiger partial charge >= 0.3 is 0 Å². The zero-order valence-electron chi connectivity index (χ0n) is 10.7. The Morgan fingerprint density at radius 3 is 2.72 bits per heavy atom. The highest BCUT2D eigenvalue weighted by molar-refractivity contribution is 7.99. The van der Waals surface area contributed by atoms with Crippen molar-refractivity contribution in [2.24, 2.45) is 0 Å². The monoisotopic (exact) mass is 289 g/mol. The predicted octanol–water partition coefficient (Wildman–Crippen LogP) is 2.28. The van der Waals surface area contributed by atoms with Crippen molar-refractivity contribution in [3.8, 4) is 0 Å². The van der Waals surface area contributed by atoms with E-state index < -0.39 is 6.10 Å². The van der Waals surface area contributed by atoms with Crippen LogP contribution in [0.2, 0.25) is 5.02 Å². The summed E-state index contributed by atoms with van der Waals surface area (Å²) in [5.74, 6) is 0.464. The number of halogens is 1. The molecule has 5 heteroatoms. The number of thioether (sulfide) groups is 1. The van der Waals surface area contributed by atoms with E-state index >= 15 is 0 Å². The fourth-order valence-corrected chi connectivity index (χ4v) is 2.70. The van der Waals surface area contributed by atoms with E-state index in [1.54, 1.807) is 0 Å². The highest BCUT2D eigenvalue weighted by atomic mass is 35.5. The molecule has 1 aromatic carbocycles. The molecule has 0 saturated heterocycles. The lowest BCUT2D eigenvalue weighted by Gasteiger charge is -2.15. The minimum Gasteiger partial charge on any atom is -0.394 e. The van der Waals surface area contributed by atoms with Gasteiger partial charge in [0.2, 0.25) is 0 Å². The van der Waals surface area contributed by atoms with Crippen LogP contribution in [0.1, 0.15) is 19.4 Å². The summed E-state index contributed by atoms with van der Waals surface area (Å²) in [5.41, 5.74) is 1.04. The number of nitrogens with one attached hydrogen (secondary N) is 1. The second-order valence-electron chi connectivity index (χ2n) is 4.40. The van der Waals surface area contributed by atoms with Crippen molar-refractivity contribution in [1.29, 1.82) is 0 Å². The van der Waals surface area contributed by atoms with Crippen LogP contribution in [0.3, 0.4) is 0 Å². The molecule has 0 bridgehead atoms. The standard InChI is InChI=1S/C13H20ClNO2S/c1-9(2)15-6-11-12(14)4-3-5-13(11)18-8-10(17)7-16/h3-5,9-10,15-17H,6-8H2,1-2H3. The molecule has 3 nitrogen and oxygen atoms in total. The average molecular weight is 290 g/mol. The van der Waals surface area contributed by atoms with Crippen molar-refractivity contribution in [2.75, 3.05) is 12.4 Å². The van der Waals surface area contributed by atoms with Crippen molar-refractivity contribution in [3.05, 3.63) is 28.8 Å². The Morgan fingerprint density at radius 2 is 2.11 bits per heavy atom. The van der Waals surface area contributed by atoms with Gasteiger partial charge in [-0.15, -0.1) is 11.8 Å². The van der Waals surface area contributed by atoms with Gasteiger partial charge in [-0.05, 0) is 17.7 Å².